The molecule has 5 N–H and O–H groups in total. The SMILES string of the molecule is CCOC=O.Cc1cc(C(F)(F)F)cc(O)c1-c1cc(CN)c(NC2CCCNC2)nn1. The molecule has 1 atom stereocenters. The summed E-state index contributed by atoms with van der Waals surface area (Å²) >= 11 is 0. The third-order valence-corrected chi connectivity index (χ3v) is 4.86. The van der Waals surface area contributed by atoms with E-state index < -0.39 is 17.5 Å². The number of nitrogens with zero attached hydrogens (tertiary/aromatic N) is 2. The molecule has 2 aromatic rings. The minimum atomic E-state index is -4.53. The van der Waals surface area contributed by atoms with Crippen molar-refractivity contribution in [2.75, 3.05) is 25.0 Å². The molecule has 1 aliphatic rings. The van der Waals surface area contributed by atoms with Crippen LogP contribution < -0.4 is 16.4 Å². The molecule has 0 aliphatic carbocycles. The summed E-state index contributed by atoms with van der Waals surface area (Å²) in [5, 5.41) is 25.0. The Kier molecular flexibility index (Phi) is 9.21. The Morgan fingerprint density at radius 3 is 2.59 bits per heavy atom. The van der Waals surface area contributed by atoms with Gasteiger partial charge in [0.25, 0.3) is 6.47 Å². The van der Waals surface area contributed by atoms with E-state index >= 15 is 0 Å². The van der Waals surface area contributed by atoms with E-state index in [9.17, 15) is 23.1 Å². The standard InChI is InChI=1S/C18H22F3N5O.C3H6O2/c1-10-5-12(18(19,20)21)7-15(27)16(10)14-6-11(8-22)17(26-25-14)24-13-3-2-4-23-9-13;1-2-5-3-4/h5-7,13,23,27H,2-4,8-9,22H2,1H3,(H,24,26);3H,2H2,1H3. The summed E-state index contributed by atoms with van der Waals surface area (Å²) in [6.07, 6.45) is -2.48. The maximum Gasteiger partial charge on any atom is 0.416 e. The largest absolute Gasteiger partial charge is 0.507 e. The number of aromatic nitrogens is 2. The first kappa shape index (κ1) is 25.3. The average Bonchev–Trinajstić information content (AvgIpc) is 2.75. The zero-order valence-corrected chi connectivity index (χ0v) is 18.0. The Hall–Kier alpha value is -2.92. The summed E-state index contributed by atoms with van der Waals surface area (Å²) in [5.41, 5.74) is 6.37. The second-order valence-electron chi connectivity index (χ2n) is 7.23. The number of halogens is 3. The maximum absolute atomic E-state index is 12.9. The van der Waals surface area contributed by atoms with Crippen molar-refractivity contribution in [2.45, 2.75) is 45.5 Å². The van der Waals surface area contributed by atoms with Gasteiger partial charge in [-0.1, -0.05) is 0 Å². The van der Waals surface area contributed by atoms with E-state index in [4.69, 9.17) is 5.73 Å². The summed E-state index contributed by atoms with van der Waals surface area (Å²) in [4.78, 5) is 9.18. The average molecular weight is 455 g/mol. The van der Waals surface area contributed by atoms with Crippen LogP contribution in [0.1, 0.15) is 36.5 Å². The second-order valence-corrected chi connectivity index (χ2v) is 7.23. The van der Waals surface area contributed by atoms with Gasteiger partial charge in [0.1, 0.15) is 5.75 Å². The summed E-state index contributed by atoms with van der Waals surface area (Å²) < 4.78 is 42.9. The van der Waals surface area contributed by atoms with Crippen LogP contribution in [0.2, 0.25) is 0 Å². The van der Waals surface area contributed by atoms with Crippen molar-refractivity contribution >= 4 is 12.3 Å². The number of carbonyl (C=O) groups is 1. The number of ether oxygens (including phenoxy) is 1. The lowest BCUT2D eigenvalue weighted by Gasteiger charge is -2.25. The van der Waals surface area contributed by atoms with Crippen molar-refractivity contribution in [3.63, 3.8) is 0 Å². The highest BCUT2D eigenvalue weighted by Gasteiger charge is 2.32. The molecular weight excluding hydrogens is 427 g/mol. The lowest BCUT2D eigenvalue weighted by atomic mass is 9.99. The number of aryl methyl sites for hydroxylation is 1. The number of carbonyl (C=O) groups excluding carboxylic acids is 1. The van der Waals surface area contributed by atoms with Gasteiger partial charge in [0.2, 0.25) is 0 Å². The van der Waals surface area contributed by atoms with Crippen LogP contribution in [-0.4, -0.2) is 47.5 Å². The van der Waals surface area contributed by atoms with E-state index in [2.05, 4.69) is 25.6 Å². The smallest absolute Gasteiger partial charge is 0.416 e. The van der Waals surface area contributed by atoms with Gasteiger partial charge in [0.05, 0.1) is 17.9 Å². The molecule has 32 heavy (non-hydrogen) atoms. The number of rotatable bonds is 6. The molecule has 0 radical (unpaired) electrons. The second kappa shape index (κ2) is 11.6. The monoisotopic (exact) mass is 455 g/mol. The minimum Gasteiger partial charge on any atom is -0.507 e. The van der Waals surface area contributed by atoms with Gasteiger partial charge in [-0.25, -0.2) is 0 Å². The summed E-state index contributed by atoms with van der Waals surface area (Å²) in [5.74, 6) is 0.0655. The van der Waals surface area contributed by atoms with Gasteiger partial charge < -0.3 is 26.2 Å². The van der Waals surface area contributed by atoms with Crippen molar-refractivity contribution in [2.24, 2.45) is 5.73 Å². The fourth-order valence-electron chi connectivity index (χ4n) is 3.33. The van der Waals surface area contributed by atoms with Crippen LogP contribution in [0, 0.1) is 6.92 Å². The number of benzene rings is 1. The highest BCUT2D eigenvalue weighted by molar-refractivity contribution is 5.72. The number of hydrogen-bond donors (Lipinski definition) is 4. The van der Waals surface area contributed by atoms with Crippen LogP contribution in [0.5, 0.6) is 5.75 Å². The third-order valence-electron chi connectivity index (χ3n) is 4.86. The van der Waals surface area contributed by atoms with Gasteiger partial charge in [-0.05, 0) is 57.0 Å². The molecule has 1 aromatic heterocycles. The van der Waals surface area contributed by atoms with Crippen LogP contribution in [0.25, 0.3) is 11.3 Å². The summed E-state index contributed by atoms with van der Waals surface area (Å²) in [6, 6.07) is 3.55. The number of hydrogen-bond acceptors (Lipinski definition) is 8. The Morgan fingerprint density at radius 2 is 2.09 bits per heavy atom. The van der Waals surface area contributed by atoms with E-state index in [1.54, 1.807) is 13.0 Å². The maximum atomic E-state index is 12.9. The van der Waals surface area contributed by atoms with Gasteiger partial charge in [0, 0.05) is 30.3 Å². The Morgan fingerprint density at radius 1 is 1.34 bits per heavy atom. The van der Waals surface area contributed by atoms with Crippen LogP contribution in [-0.2, 0) is 22.3 Å². The molecule has 1 fully saturated rings. The van der Waals surface area contributed by atoms with E-state index in [0.717, 1.165) is 32.0 Å². The predicted molar refractivity (Wildman–Crippen MR) is 114 cm³/mol. The van der Waals surface area contributed by atoms with Crippen molar-refractivity contribution < 1.29 is 27.8 Å². The molecule has 2 heterocycles. The van der Waals surface area contributed by atoms with E-state index in [1.165, 1.54) is 6.92 Å². The number of phenols is 1. The molecule has 0 saturated carbocycles. The first-order valence-electron chi connectivity index (χ1n) is 10.2. The fourth-order valence-corrected chi connectivity index (χ4v) is 3.33. The van der Waals surface area contributed by atoms with Crippen LogP contribution in [0.4, 0.5) is 19.0 Å². The van der Waals surface area contributed by atoms with E-state index in [0.29, 0.717) is 30.5 Å². The normalized spacial score (nSPS) is 16.0. The topological polar surface area (TPSA) is 122 Å². The van der Waals surface area contributed by atoms with Crippen molar-refractivity contribution in [1.82, 2.24) is 15.5 Å². The lowest BCUT2D eigenvalue weighted by Crippen LogP contribution is -2.39. The summed E-state index contributed by atoms with van der Waals surface area (Å²) in [7, 11) is 0. The molecule has 3 rings (SSSR count). The molecule has 176 valence electrons. The fraction of sp³-hybridized carbons (Fsp3) is 0.476. The van der Waals surface area contributed by atoms with Gasteiger partial charge in [-0.2, -0.15) is 13.2 Å². The van der Waals surface area contributed by atoms with Crippen molar-refractivity contribution in [1.29, 1.82) is 0 Å². The molecular formula is C21H28F3N5O3. The number of phenolic OH excluding ortho intramolecular Hbond substituents is 1. The Bertz CT molecular complexity index is 880. The van der Waals surface area contributed by atoms with E-state index in [-0.39, 0.29) is 29.4 Å². The molecule has 0 spiro atoms. The van der Waals surface area contributed by atoms with Crippen LogP contribution in [0.15, 0.2) is 18.2 Å². The molecule has 1 unspecified atom stereocenters. The minimum absolute atomic E-state index is 0.186. The first-order chi connectivity index (χ1) is 15.2. The van der Waals surface area contributed by atoms with Crippen molar-refractivity contribution in [3.05, 3.63) is 34.9 Å². The van der Waals surface area contributed by atoms with Crippen LogP contribution >= 0.6 is 0 Å². The van der Waals surface area contributed by atoms with Crippen molar-refractivity contribution in [3.8, 4) is 17.0 Å². The summed E-state index contributed by atoms with van der Waals surface area (Å²) in [6.45, 7) is 6.14. The Labute approximate surface area is 184 Å². The number of piperidine rings is 1. The number of alkyl halides is 3. The van der Waals surface area contributed by atoms with Gasteiger partial charge in [-0.15, -0.1) is 10.2 Å². The Balaban J connectivity index is 0.000000654. The molecule has 0 bridgehead atoms. The highest BCUT2D eigenvalue weighted by Crippen LogP contribution is 2.38. The molecule has 1 aromatic carbocycles. The third kappa shape index (κ3) is 6.79. The zero-order chi connectivity index (χ0) is 23.7. The molecule has 8 nitrogen and oxygen atoms in total. The van der Waals surface area contributed by atoms with Gasteiger partial charge in [0.15, 0.2) is 5.82 Å². The molecule has 1 aliphatic heterocycles. The number of nitrogens with two attached hydrogens (primary N) is 1. The first-order valence-corrected chi connectivity index (χ1v) is 10.2. The van der Waals surface area contributed by atoms with Crippen LogP contribution in [0.3, 0.4) is 0 Å². The van der Waals surface area contributed by atoms with Gasteiger partial charge in [-0.3, -0.25) is 4.79 Å². The number of anilines is 1. The number of aromatic hydroxyl groups is 1. The molecule has 1 saturated heterocycles. The zero-order valence-electron chi connectivity index (χ0n) is 18.0. The highest BCUT2D eigenvalue weighted by atomic mass is 19.4. The molecule has 11 heteroatoms. The molecule has 0 amide bonds. The number of nitrogens with one attached hydrogen (secondary N) is 2. The lowest BCUT2D eigenvalue weighted by molar-refractivity contribution is -0.137. The van der Waals surface area contributed by atoms with Gasteiger partial charge >= 0.3 is 6.18 Å². The predicted octanol–water partition coefficient (Wildman–Crippen LogP) is 2.98. The van der Waals surface area contributed by atoms with E-state index in [1.807, 2.05) is 0 Å². The quantitative estimate of drug-likeness (QED) is 0.491.